The summed E-state index contributed by atoms with van der Waals surface area (Å²) in [5.41, 5.74) is 5.64. The van der Waals surface area contributed by atoms with Crippen LogP contribution in [-0.4, -0.2) is 29.0 Å². The second-order valence-corrected chi connectivity index (χ2v) is 6.23. The van der Waals surface area contributed by atoms with E-state index in [1.807, 2.05) is 17.5 Å². The molecule has 0 aromatic carbocycles. The summed E-state index contributed by atoms with van der Waals surface area (Å²) in [6.07, 6.45) is 7.31. The van der Waals surface area contributed by atoms with E-state index >= 15 is 0 Å². The Balaban J connectivity index is 1.77. The summed E-state index contributed by atoms with van der Waals surface area (Å²) in [5, 5.41) is 1.32. The second kappa shape index (κ2) is 4.09. The van der Waals surface area contributed by atoms with Crippen LogP contribution in [0.3, 0.4) is 0 Å². The van der Waals surface area contributed by atoms with Crippen molar-refractivity contribution in [2.24, 2.45) is 5.73 Å². The van der Waals surface area contributed by atoms with E-state index in [0.717, 1.165) is 12.1 Å². The number of aromatic nitrogens is 1. The molecule has 2 atom stereocenters. The van der Waals surface area contributed by atoms with E-state index in [9.17, 15) is 0 Å². The van der Waals surface area contributed by atoms with Crippen LogP contribution >= 0.6 is 11.3 Å². The summed E-state index contributed by atoms with van der Waals surface area (Å²) in [6.45, 7) is 0.636. The van der Waals surface area contributed by atoms with Crippen LogP contribution < -0.4 is 5.73 Å². The van der Waals surface area contributed by atoms with E-state index < -0.39 is 0 Å². The van der Waals surface area contributed by atoms with E-state index in [4.69, 9.17) is 5.73 Å². The first kappa shape index (κ1) is 10.7. The maximum Gasteiger partial charge on any atom is 0.0960 e. The van der Waals surface area contributed by atoms with Gasteiger partial charge in [-0.15, -0.1) is 11.3 Å². The first-order valence-corrected chi connectivity index (χ1v) is 6.96. The van der Waals surface area contributed by atoms with Gasteiger partial charge in [0, 0.05) is 35.6 Å². The average Bonchev–Trinajstić information content (AvgIpc) is 2.82. The van der Waals surface area contributed by atoms with Gasteiger partial charge in [-0.1, -0.05) is 0 Å². The SMILES string of the molecule is CN1C2CCC1CC(c1ncc(CN)s1)C2. The number of thiazole rings is 1. The summed E-state index contributed by atoms with van der Waals surface area (Å²) in [4.78, 5) is 8.35. The van der Waals surface area contributed by atoms with Crippen molar-refractivity contribution in [1.29, 1.82) is 0 Å². The average molecular weight is 237 g/mol. The zero-order valence-corrected chi connectivity index (χ0v) is 10.5. The molecule has 2 aliphatic rings. The molecular weight excluding hydrogens is 218 g/mol. The fourth-order valence-corrected chi connectivity index (χ4v) is 4.14. The molecule has 2 aliphatic heterocycles. The summed E-state index contributed by atoms with van der Waals surface area (Å²) < 4.78 is 0. The zero-order valence-electron chi connectivity index (χ0n) is 9.72. The topological polar surface area (TPSA) is 42.2 Å². The third-order valence-corrected chi connectivity index (χ3v) is 5.40. The van der Waals surface area contributed by atoms with Crippen molar-refractivity contribution < 1.29 is 0 Å². The molecule has 2 saturated heterocycles. The van der Waals surface area contributed by atoms with Crippen molar-refractivity contribution in [2.45, 2.75) is 50.2 Å². The van der Waals surface area contributed by atoms with Crippen LogP contribution in [0.2, 0.25) is 0 Å². The molecule has 3 nitrogen and oxygen atoms in total. The molecule has 0 saturated carbocycles. The van der Waals surface area contributed by atoms with E-state index in [1.54, 1.807) is 0 Å². The molecule has 0 radical (unpaired) electrons. The third kappa shape index (κ3) is 1.69. The second-order valence-electron chi connectivity index (χ2n) is 5.09. The standard InChI is InChI=1S/C12H19N3S/c1-15-9-2-3-10(15)5-8(4-9)12-14-7-11(6-13)16-12/h7-10H,2-6,13H2,1H3. The smallest absolute Gasteiger partial charge is 0.0960 e. The molecule has 0 amide bonds. The van der Waals surface area contributed by atoms with Gasteiger partial charge in [0.1, 0.15) is 0 Å². The molecule has 3 rings (SSSR count). The van der Waals surface area contributed by atoms with Crippen LogP contribution in [0.5, 0.6) is 0 Å². The van der Waals surface area contributed by atoms with Gasteiger partial charge in [-0.05, 0) is 32.7 Å². The van der Waals surface area contributed by atoms with Gasteiger partial charge in [-0.25, -0.2) is 4.98 Å². The highest BCUT2D eigenvalue weighted by molar-refractivity contribution is 7.11. The highest BCUT2D eigenvalue weighted by atomic mass is 32.1. The Kier molecular flexibility index (Phi) is 2.73. The first-order valence-electron chi connectivity index (χ1n) is 6.14. The van der Waals surface area contributed by atoms with Gasteiger partial charge in [0.15, 0.2) is 0 Å². The van der Waals surface area contributed by atoms with E-state index in [2.05, 4.69) is 16.9 Å². The molecule has 0 aliphatic carbocycles. The Hall–Kier alpha value is -0.450. The normalized spacial score (nSPS) is 34.5. The summed E-state index contributed by atoms with van der Waals surface area (Å²) in [6, 6.07) is 1.60. The molecule has 3 heterocycles. The van der Waals surface area contributed by atoms with Crippen molar-refractivity contribution in [3.63, 3.8) is 0 Å². The lowest BCUT2D eigenvalue weighted by molar-refractivity contribution is 0.161. The number of nitrogens with two attached hydrogens (primary N) is 1. The Labute approximate surface area is 101 Å². The van der Waals surface area contributed by atoms with E-state index in [1.165, 1.54) is 35.6 Å². The molecule has 88 valence electrons. The summed E-state index contributed by atoms with van der Waals surface area (Å²) in [5.74, 6) is 0.694. The maximum absolute atomic E-state index is 5.64. The minimum absolute atomic E-state index is 0.636. The van der Waals surface area contributed by atoms with E-state index in [-0.39, 0.29) is 0 Å². The predicted octanol–water partition coefficient (Wildman–Crippen LogP) is 1.94. The monoisotopic (exact) mass is 237 g/mol. The van der Waals surface area contributed by atoms with Crippen LogP contribution in [-0.2, 0) is 6.54 Å². The predicted molar refractivity (Wildman–Crippen MR) is 66.6 cm³/mol. The highest BCUT2D eigenvalue weighted by Gasteiger charge is 2.39. The van der Waals surface area contributed by atoms with Crippen molar-refractivity contribution in [1.82, 2.24) is 9.88 Å². The van der Waals surface area contributed by atoms with Gasteiger partial charge >= 0.3 is 0 Å². The molecule has 2 bridgehead atoms. The number of fused-ring (bicyclic) bond motifs is 2. The van der Waals surface area contributed by atoms with Crippen molar-refractivity contribution in [3.05, 3.63) is 16.1 Å². The van der Waals surface area contributed by atoms with Gasteiger partial charge in [0.05, 0.1) is 5.01 Å². The van der Waals surface area contributed by atoms with Crippen LogP contribution in [0.4, 0.5) is 0 Å². The largest absolute Gasteiger partial charge is 0.326 e. The Morgan fingerprint density at radius 2 is 2.12 bits per heavy atom. The number of nitrogens with zero attached hydrogens (tertiary/aromatic N) is 2. The lowest BCUT2D eigenvalue weighted by Gasteiger charge is -2.35. The van der Waals surface area contributed by atoms with Gasteiger partial charge in [0.2, 0.25) is 0 Å². The Morgan fingerprint density at radius 3 is 2.69 bits per heavy atom. The van der Waals surface area contributed by atoms with Crippen LogP contribution in [0.25, 0.3) is 0 Å². The Morgan fingerprint density at radius 1 is 1.44 bits per heavy atom. The lowest BCUT2D eigenvalue weighted by atomic mass is 9.92. The first-order chi connectivity index (χ1) is 7.78. The maximum atomic E-state index is 5.64. The van der Waals surface area contributed by atoms with Gasteiger partial charge in [-0.2, -0.15) is 0 Å². The van der Waals surface area contributed by atoms with Crippen molar-refractivity contribution in [2.75, 3.05) is 7.05 Å². The molecular formula is C12H19N3S. The third-order valence-electron chi connectivity index (χ3n) is 4.22. The number of hydrogen-bond acceptors (Lipinski definition) is 4. The molecule has 2 fully saturated rings. The van der Waals surface area contributed by atoms with Crippen molar-refractivity contribution in [3.8, 4) is 0 Å². The molecule has 1 aromatic rings. The fraction of sp³-hybridized carbons (Fsp3) is 0.750. The van der Waals surface area contributed by atoms with Gasteiger partial charge < -0.3 is 10.6 Å². The number of piperidine rings is 1. The van der Waals surface area contributed by atoms with Crippen molar-refractivity contribution >= 4 is 11.3 Å². The van der Waals surface area contributed by atoms with Crippen LogP contribution in [0, 0.1) is 0 Å². The van der Waals surface area contributed by atoms with Crippen LogP contribution in [0.15, 0.2) is 6.20 Å². The zero-order chi connectivity index (χ0) is 11.1. The molecule has 16 heavy (non-hydrogen) atoms. The molecule has 2 unspecified atom stereocenters. The number of rotatable bonds is 2. The molecule has 4 heteroatoms. The summed E-state index contributed by atoms with van der Waals surface area (Å²) >= 11 is 1.82. The summed E-state index contributed by atoms with van der Waals surface area (Å²) in [7, 11) is 2.28. The minimum atomic E-state index is 0.636. The number of hydrogen-bond donors (Lipinski definition) is 1. The van der Waals surface area contributed by atoms with Gasteiger partial charge in [-0.3, -0.25) is 0 Å². The highest BCUT2D eigenvalue weighted by Crippen LogP contribution is 2.42. The van der Waals surface area contributed by atoms with Gasteiger partial charge in [0.25, 0.3) is 0 Å². The molecule has 1 aromatic heterocycles. The fourth-order valence-electron chi connectivity index (χ4n) is 3.22. The lowest BCUT2D eigenvalue weighted by Crippen LogP contribution is -2.39. The van der Waals surface area contributed by atoms with E-state index in [0.29, 0.717) is 12.5 Å². The quantitative estimate of drug-likeness (QED) is 0.855. The molecule has 0 spiro atoms. The Bertz CT molecular complexity index is 362. The minimum Gasteiger partial charge on any atom is -0.326 e. The van der Waals surface area contributed by atoms with Crippen LogP contribution in [0.1, 0.15) is 41.5 Å². The molecule has 2 N–H and O–H groups in total.